The van der Waals surface area contributed by atoms with E-state index in [2.05, 4.69) is 10.6 Å². The Morgan fingerprint density at radius 3 is 2.55 bits per heavy atom. The van der Waals surface area contributed by atoms with Crippen LogP contribution < -0.4 is 15.4 Å². The second-order valence-corrected chi connectivity index (χ2v) is 5.50. The predicted molar refractivity (Wildman–Crippen MR) is 82.4 cm³/mol. The Hall–Kier alpha value is -2.51. The van der Waals surface area contributed by atoms with E-state index in [1.165, 1.54) is 19.2 Å². The lowest BCUT2D eigenvalue weighted by Crippen LogP contribution is -2.34. The minimum atomic E-state index is -0.538. The van der Waals surface area contributed by atoms with Gasteiger partial charge in [-0.1, -0.05) is 0 Å². The molecule has 0 spiro atoms. The molecule has 122 valence electrons. The molecule has 1 aromatic rings. The highest BCUT2D eigenvalue weighted by Crippen LogP contribution is 2.29. The second-order valence-electron chi connectivity index (χ2n) is 5.50. The van der Waals surface area contributed by atoms with Gasteiger partial charge in [-0.25, -0.2) is 4.79 Å². The summed E-state index contributed by atoms with van der Waals surface area (Å²) in [5, 5.41) is 16.4. The van der Waals surface area contributed by atoms with Crippen molar-refractivity contribution in [1.29, 1.82) is 0 Å². The van der Waals surface area contributed by atoms with Crippen LogP contribution in [0.15, 0.2) is 18.2 Å². The number of rotatable bonds is 6. The number of ether oxygens (including phenoxy) is 2. The fourth-order valence-corrected chi connectivity index (χ4v) is 1.62. The molecular weight excluding hydrogens is 290 g/mol. The Balaban J connectivity index is 2.46. The van der Waals surface area contributed by atoms with Crippen LogP contribution in [0, 0.1) is 10.1 Å². The highest BCUT2D eigenvalue weighted by molar-refractivity contribution is 5.67. The molecule has 0 radical (unpaired) electrons. The fourth-order valence-electron chi connectivity index (χ4n) is 1.62. The first-order valence-corrected chi connectivity index (χ1v) is 6.76. The van der Waals surface area contributed by atoms with Crippen LogP contribution in [0.3, 0.4) is 0 Å². The zero-order valence-corrected chi connectivity index (χ0v) is 13.1. The molecule has 1 rings (SSSR count). The normalized spacial score (nSPS) is 10.7. The number of methoxy groups -OCH3 is 1. The molecule has 0 aliphatic carbocycles. The van der Waals surface area contributed by atoms with Crippen molar-refractivity contribution in [2.45, 2.75) is 26.4 Å². The Labute approximate surface area is 128 Å². The van der Waals surface area contributed by atoms with Crippen molar-refractivity contribution in [3.63, 3.8) is 0 Å². The van der Waals surface area contributed by atoms with E-state index in [9.17, 15) is 14.9 Å². The molecule has 0 saturated carbocycles. The van der Waals surface area contributed by atoms with Gasteiger partial charge in [-0.05, 0) is 26.8 Å². The SMILES string of the molecule is COc1cc(NCCNC(=O)OC(C)(C)C)ccc1[N+](=O)[O-]. The minimum absolute atomic E-state index is 0.0973. The second kappa shape index (κ2) is 7.48. The van der Waals surface area contributed by atoms with Gasteiger partial charge < -0.3 is 20.1 Å². The van der Waals surface area contributed by atoms with E-state index >= 15 is 0 Å². The maximum absolute atomic E-state index is 11.4. The zero-order chi connectivity index (χ0) is 16.8. The molecule has 2 N–H and O–H groups in total. The summed E-state index contributed by atoms with van der Waals surface area (Å²) in [6.45, 7) is 6.16. The molecule has 1 aromatic carbocycles. The van der Waals surface area contributed by atoms with Crippen LogP contribution >= 0.6 is 0 Å². The number of carbonyl (C=O) groups excluding carboxylic acids is 1. The van der Waals surface area contributed by atoms with Crippen LogP contribution in [0.2, 0.25) is 0 Å². The van der Waals surface area contributed by atoms with Crippen LogP contribution in [0.5, 0.6) is 5.75 Å². The quantitative estimate of drug-likeness (QED) is 0.475. The molecule has 0 saturated heterocycles. The molecule has 0 aliphatic rings. The van der Waals surface area contributed by atoms with Crippen molar-refractivity contribution in [2.75, 3.05) is 25.5 Å². The van der Waals surface area contributed by atoms with E-state index < -0.39 is 16.6 Å². The van der Waals surface area contributed by atoms with Gasteiger partial charge in [0.2, 0.25) is 0 Å². The molecular formula is C14H21N3O5. The average molecular weight is 311 g/mol. The third kappa shape index (κ3) is 5.86. The minimum Gasteiger partial charge on any atom is -0.490 e. The lowest BCUT2D eigenvalue weighted by molar-refractivity contribution is -0.385. The number of carbonyl (C=O) groups is 1. The molecule has 0 bridgehead atoms. The van der Waals surface area contributed by atoms with Gasteiger partial charge in [0.1, 0.15) is 5.60 Å². The number of nitrogens with one attached hydrogen (secondary N) is 2. The summed E-state index contributed by atoms with van der Waals surface area (Å²) in [6, 6.07) is 4.47. The molecule has 0 heterocycles. The number of benzene rings is 1. The number of nitro benzene ring substituents is 1. The molecule has 0 unspecified atom stereocenters. The van der Waals surface area contributed by atoms with E-state index in [0.717, 1.165) is 0 Å². The van der Waals surface area contributed by atoms with Gasteiger partial charge in [0.25, 0.3) is 0 Å². The van der Waals surface area contributed by atoms with E-state index in [0.29, 0.717) is 18.8 Å². The molecule has 0 aliphatic heterocycles. The molecule has 0 aromatic heterocycles. The van der Waals surface area contributed by atoms with Gasteiger partial charge in [0.15, 0.2) is 5.75 Å². The predicted octanol–water partition coefficient (Wildman–Crippen LogP) is 2.54. The average Bonchev–Trinajstić information content (AvgIpc) is 2.41. The largest absolute Gasteiger partial charge is 0.490 e. The van der Waals surface area contributed by atoms with Crippen molar-refractivity contribution in [3.8, 4) is 5.75 Å². The molecule has 0 atom stereocenters. The summed E-state index contributed by atoms with van der Waals surface area (Å²) < 4.78 is 10.1. The number of anilines is 1. The van der Waals surface area contributed by atoms with Crippen LogP contribution in [0.1, 0.15) is 20.8 Å². The third-order valence-corrected chi connectivity index (χ3v) is 2.50. The van der Waals surface area contributed by atoms with Crippen molar-refractivity contribution in [1.82, 2.24) is 5.32 Å². The Morgan fingerprint density at radius 1 is 1.32 bits per heavy atom. The maximum atomic E-state index is 11.4. The van der Waals surface area contributed by atoms with E-state index in [1.54, 1.807) is 26.8 Å². The topological polar surface area (TPSA) is 103 Å². The van der Waals surface area contributed by atoms with Crippen molar-refractivity contribution < 1.29 is 19.2 Å². The zero-order valence-electron chi connectivity index (χ0n) is 13.1. The summed E-state index contributed by atoms with van der Waals surface area (Å²) >= 11 is 0. The first-order valence-electron chi connectivity index (χ1n) is 6.76. The van der Waals surface area contributed by atoms with Gasteiger partial charge in [-0.3, -0.25) is 10.1 Å². The van der Waals surface area contributed by atoms with E-state index in [4.69, 9.17) is 9.47 Å². The Kier molecular flexibility index (Phi) is 5.97. The lowest BCUT2D eigenvalue weighted by atomic mass is 10.2. The Morgan fingerprint density at radius 2 is 2.00 bits per heavy atom. The fraction of sp³-hybridized carbons (Fsp3) is 0.500. The number of alkyl carbamates (subject to hydrolysis) is 1. The number of amides is 1. The van der Waals surface area contributed by atoms with Gasteiger partial charge in [-0.15, -0.1) is 0 Å². The summed E-state index contributed by atoms with van der Waals surface area (Å²) in [6.07, 6.45) is -0.490. The first-order chi connectivity index (χ1) is 10.2. The number of hydrogen-bond acceptors (Lipinski definition) is 6. The molecule has 8 nitrogen and oxygen atoms in total. The van der Waals surface area contributed by atoms with E-state index in [-0.39, 0.29) is 11.4 Å². The lowest BCUT2D eigenvalue weighted by Gasteiger charge is -2.19. The maximum Gasteiger partial charge on any atom is 0.407 e. The van der Waals surface area contributed by atoms with Crippen LogP contribution in [-0.2, 0) is 4.74 Å². The third-order valence-electron chi connectivity index (χ3n) is 2.50. The van der Waals surface area contributed by atoms with Crippen LogP contribution in [-0.4, -0.2) is 36.8 Å². The molecule has 0 fully saturated rings. The van der Waals surface area contributed by atoms with Crippen LogP contribution in [0.4, 0.5) is 16.2 Å². The first kappa shape index (κ1) is 17.5. The number of hydrogen-bond donors (Lipinski definition) is 2. The number of nitro groups is 1. The molecule has 1 amide bonds. The summed E-state index contributed by atoms with van der Waals surface area (Å²) in [7, 11) is 1.37. The van der Waals surface area contributed by atoms with Crippen molar-refractivity contribution in [2.24, 2.45) is 0 Å². The van der Waals surface area contributed by atoms with Gasteiger partial charge >= 0.3 is 11.8 Å². The smallest absolute Gasteiger partial charge is 0.407 e. The summed E-state index contributed by atoms with van der Waals surface area (Å²) in [5.74, 6) is 0.176. The van der Waals surface area contributed by atoms with Gasteiger partial charge in [0.05, 0.1) is 12.0 Å². The van der Waals surface area contributed by atoms with Crippen molar-refractivity contribution in [3.05, 3.63) is 28.3 Å². The highest BCUT2D eigenvalue weighted by atomic mass is 16.6. The monoisotopic (exact) mass is 311 g/mol. The molecule has 8 heteroatoms. The highest BCUT2D eigenvalue weighted by Gasteiger charge is 2.16. The summed E-state index contributed by atoms with van der Waals surface area (Å²) in [5.41, 5.74) is 0.0249. The summed E-state index contributed by atoms with van der Waals surface area (Å²) in [4.78, 5) is 21.7. The standard InChI is InChI=1S/C14H21N3O5/c1-14(2,3)22-13(18)16-8-7-15-10-5-6-11(17(19)20)12(9-10)21-4/h5-6,9,15H,7-8H2,1-4H3,(H,16,18). The van der Waals surface area contributed by atoms with E-state index in [1.807, 2.05) is 0 Å². The van der Waals surface area contributed by atoms with Gasteiger partial charge in [0, 0.05) is 30.9 Å². The molecule has 22 heavy (non-hydrogen) atoms. The van der Waals surface area contributed by atoms with Gasteiger partial charge in [-0.2, -0.15) is 0 Å². The van der Waals surface area contributed by atoms with Crippen LogP contribution in [0.25, 0.3) is 0 Å². The number of nitrogens with zero attached hydrogens (tertiary/aromatic N) is 1. The Bertz CT molecular complexity index is 540. The van der Waals surface area contributed by atoms with Crippen molar-refractivity contribution >= 4 is 17.5 Å².